The first-order valence-corrected chi connectivity index (χ1v) is 6.57. The molecule has 0 saturated heterocycles. The van der Waals surface area contributed by atoms with Crippen molar-refractivity contribution in [2.75, 3.05) is 7.11 Å². The Morgan fingerprint density at radius 2 is 2.28 bits per heavy atom. The maximum absolute atomic E-state index is 12.1. The van der Waals surface area contributed by atoms with Crippen molar-refractivity contribution in [2.24, 2.45) is 0 Å². The van der Waals surface area contributed by atoms with Gasteiger partial charge < -0.3 is 9.47 Å². The predicted molar refractivity (Wildman–Crippen MR) is 69.6 cm³/mol. The normalized spacial score (nSPS) is 18.1. The minimum Gasteiger partial charge on any atom is -0.497 e. The lowest BCUT2D eigenvalue weighted by atomic mass is 9.99. The van der Waals surface area contributed by atoms with Crippen LogP contribution >= 0.6 is 11.3 Å². The number of hydrogen-bond donors (Lipinski definition) is 0. The van der Waals surface area contributed by atoms with Gasteiger partial charge in [0.15, 0.2) is 5.78 Å². The maximum atomic E-state index is 12.1. The van der Waals surface area contributed by atoms with Crippen molar-refractivity contribution in [3.05, 3.63) is 46.2 Å². The number of carbonyl (C=O) groups excluding carboxylic acids is 1. The largest absolute Gasteiger partial charge is 0.497 e. The molecule has 0 amide bonds. The van der Waals surface area contributed by atoms with Crippen LogP contribution in [0.25, 0.3) is 0 Å². The highest BCUT2D eigenvalue weighted by Gasteiger charge is 2.28. The fourth-order valence-corrected chi connectivity index (χ4v) is 2.82. The van der Waals surface area contributed by atoms with Gasteiger partial charge in [0.05, 0.1) is 19.1 Å². The molecule has 2 aromatic rings. The number of thiophene rings is 1. The zero-order valence-electron chi connectivity index (χ0n) is 9.88. The lowest BCUT2D eigenvalue weighted by Crippen LogP contribution is -2.19. The second-order valence-electron chi connectivity index (χ2n) is 4.11. The molecule has 0 bridgehead atoms. The van der Waals surface area contributed by atoms with Gasteiger partial charge in [-0.3, -0.25) is 4.79 Å². The number of Topliss-reactive ketones (excluding diaryl/α,β-unsaturated/α-hetero) is 1. The van der Waals surface area contributed by atoms with Crippen molar-refractivity contribution >= 4 is 17.1 Å². The van der Waals surface area contributed by atoms with Crippen LogP contribution in [0.4, 0.5) is 0 Å². The topological polar surface area (TPSA) is 35.5 Å². The molecule has 1 aliphatic heterocycles. The second kappa shape index (κ2) is 4.46. The summed E-state index contributed by atoms with van der Waals surface area (Å²) in [5, 5.41) is 1.99. The Hall–Kier alpha value is -1.81. The molecule has 1 aromatic heterocycles. The monoisotopic (exact) mass is 260 g/mol. The number of benzene rings is 1. The summed E-state index contributed by atoms with van der Waals surface area (Å²) in [6.07, 6.45) is 0.235. The van der Waals surface area contributed by atoms with E-state index < -0.39 is 0 Å². The summed E-state index contributed by atoms with van der Waals surface area (Å²) in [6.45, 7) is 0. The van der Waals surface area contributed by atoms with Crippen LogP contribution in [0.15, 0.2) is 35.7 Å². The van der Waals surface area contributed by atoms with E-state index in [1.165, 1.54) is 0 Å². The van der Waals surface area contributed by atoms with Gasteiger partial charge in [-0.2, -0.15) is 0 Å². The zero-order chi connectivity index (χ0) is 12.5. The first-order chi connectivity index (χ1) is 8.78. The summed E-state index contributed by atoms with van der Waals surface area (Å²) in [5.74, 6) is 1.43. The highest BCUT2D eigenvalue weighted by Crippen LogP contribution is 2.37. The SMILES string of the molecule is COc1ccc2c(c1)C(=O)CC(c1cccs1)O2. The van der Waals surface area contributed by atoms with Crippen molar-refractivity contribution < 1.29 is 14.3 Å². The van der Waals surface area contributed by atoms with Gasteiger partial charge in [0.2, 0.25) is 0 Å². The summed E-state index contributed by atoms with van der Waals surface area (Å²) in [4.78, 5) is 13.2. The summed E-state index contributed by atoms with van der Waals surface area (Å²) >= 11 is 1.61. The standard InChI is InChI=1S/C14H12O3S/c1-16-9-4-5-12-10(7-9)11(15)8-13(17-12)14-3-2-6-18-14/h2-7,13H,8H2,1H3. The Balaban J connectivity index is 1.96. The van der Waals surface area contributed by atoms with E-state index in [1.807, 2.05) is 23.6 Å². The quantitative estimate of drug-likeness (QED) is 0.829. The number of rotatable bonds is 2. The molecule has 0 aliphatic carbocycles. The highest BCUT2D eigenvalue weighted by molar-refractivity contribution is 7.10. The van der Waals surface area contributed by atoms with Gasteiger partial charge in [0.1, 0.15) is 17.6 Å². The molecule has 0 N–H and O–H groups in total. The first-order valence-electron chi connectivity index (χ1n) is 5.69. The molecule has 1 aliphatic rings. The van der Waals surface area contributed by atoms with Gasteiger partial charge in [-0.25, -0.2) is 0 Å². The molecule has 18 heavy (non-hydrogen) atoms. The van der Waals surface area contributed by atoms with E-state index in [0.29, 0.717) is 23.5 Å². The molecule has 3 rings (SSSR count). The van der Waals surface area contributed by atoms with Crippen LogP contribution in [0.3, 0.4) is 0 Å². The molecule has 4 heteroatoms. The van der Waals surface area contributed by atoms with E-state index in [1.54, 1.807) is 30.6 Å². The molecule has 0 fully saturated rings. The fourth-order valence-electron chi connectivity index (χ4n) is 2.06. The van der Waals surface area contributed by atoms with Crippen LogP contribution in [0.5, 0.6) is 11.5 Å². The van der Waals surface area contributed by atoms with Crippen molar-refractivity contribution in [3.63, 3.8) is 0 Å². The van der Waals surface area contributed by atoms with Crippen LogP contribution < -0.4 is 9.47 Å². The van der Waals surface area contributed by atoms with E-state index in [-0.39, 0.29) is 11.9 Å². The number of fused-ring (bicyclic) bond motifs is 1. The van der Waals surface area contributed by atoms with Gasteiger partial charge in [-0.1, -0.05) is 6.07 Å². The van der Waals surface area contributed by atoms with Crippen molar-refractivity contribution in [1.82, 2.24) is 0 Å². The van der Waals surface area contributed by atoms with Gasteiger partial charge in [0, 0.05) is 4.88 Å². The number of ketones is 1. The predicted octanol–water partition coefficient (Wildman–Crippen LogP) is 3.46. The van der Waals surface area contributed by atoms with Gasteiger partial charge in [0.25, 0.3) is 0 Å². The smallest absolute Gasteiger partial charge is 0.170 e. The molecule has 0 saturated carbocycles. The van der Waals surface area contributed by atoms with Crippen LogP contribution in [0, 0.1) is 0 Å². The third-order valence-corrected chi connectivity index (χ3v) is 3.95. The van der Waals surface area contributed by atoms with E-state index in [2.05, 4.69) is 0 Å². The third kappa shape index (κ3) is 1.88. The number of hydrogen-bond acceptors (Lipinski definition) is 4. The molecule has 2 heterocycles. The van der Waals surface area contributed by atoms with E-state index >= 15 is 0 Å². The molecule has 92 valence electrons. The van der Waals surface area contributed by atoms with E-state index in [4.69, 9.17) is 9.47 Å². The fraction of sp³-hybridized carbons (Fsp3) is 0.214. The molecule has 0 radical (unpaired) electrons. The zero-order valence-corrected chi connectivity index (χ0v) is 10.7. The molecule has 0 spiro atoms. The maximum Gasteiger partial charge on any atom is 0.170 e. The van der Waals surface area contributed by atoms with E-state index in [9.17, 15) is 4.79 Å². The van der Waals surface area contributed by atoms with Crippen molar-refractivity contribution in [3.8, 4) is 11.5 Å². The lowest BCUT2D eigenvalue weighted by molar-refractivity contribution is 0.0853. The highest BCUT2D eigenvalue weighted by atomic mass is 32.1. The molecular formula is C14H12O3S. The number of carbonyl (C=O) groups is 1. The Bertz CT molecular complexity index is 575. The van der Waals surface area contributed by atoms with Crippen LogP contribution in [0.2, 0.25) is 0 Å². The Kier molecular flexibility index (Phi) is 2.80. The molecule has 1 aromatic carbocycles. The summed E-state index contributed by atoms with van der Waals surface area (Å²) in [5.41, 5.74) is 0.613. The average molecular weight is 260 g/mol. The molecule has 1 unspecified atom stereocenters. The minimum atomic E-state index is -0.154. The van der Waals surface area contributed by atoms with Gasteiger partial charge in [-0.05, 0) is 29.6 Å². The van der Waals surface area contributed by atoms with Crippen LogP contribution in [-0.2, 0) is 0 Å². The van der Waals surface area contributed by atoms with Crippen LogP contribution in [-0.4, -0.2) is 12.9 Å². The molecule has 1 atom stereocenters. The molecule has 3 nitrogen and oxygen atoms in total. The Labute approximate surface area is 109 Å². The number of ether oxygens (including phenoxy) is 2. The van der Waals surface area contributed by atoms with Crippen LogP contribution in [0.1, 0.15) is 27.8 Å². The minimum absolute atomic E-state index is 0.105. The van der Waals surface area contributed by atoms with E-state index in [0.717, 1.165) is 4.88 Å². The number of methoxy groups -OCH3 is 1. The van der Waals surface area contributed by atoms with Crippen molar-refractivity contribution in [2.45, 2.75) is 12.5 Å². The second-order valence-corrected chi connectivity index (χ2v) is 5.09. The van der Waals surface area contributed by atoms with Gasteiger partial charge in [-0.15, -0.1) is 11.3 Å². The molecular weight excluding hydrogens is 248 g/mol. The first kappa shape index (κ1) is 11.3. The van der Waals surface area contributed by atoms with Gasteiger partial charge >= 0.3 is 0 Å². The average Bonchev–Trinajstić information content (AvgIpc) is 2.92. The lowest BCUT2D eigenvalue weighted by Gasteiger charge is -2.24. The summed E-state index contributed by atoms with van der Waals surface area (Å²) < 4.78 is 11.0. The Morgan fingerprint density at radius 3 is 3.00 bits per heavy atom. The Morgan fingerprint density at radius 1 is 1.39 bits per heavy atom. The van der Waals surface area contributed by atoms with Crippen molar-refractivity contribution in [1.29, 1.82) is 0 Å². The third-order valence-electron chi connectivity index (χ3n) is 2.99. The summed E-state index contributed by atoms with van der Waals surface area (Å²) in [6, 6.07) is 9.31. The summed E-state index contributed by atoms with van der Waals surface area (Å²) in [7, 11) is 1.59.